The summed E-state index contributed by atoms with van der Waals surface area (Å²) in [5.41, 5.74) is 2.65. The van der Waals surface area contributed by atoms with Gasteiger partial charge in [0.1, 0.15) is 6.54 Å². The Hall–Kier alpha value is -3.48. The predicted octanol–water partition coefficient (Wildman–Crippen LogP) is 3.66. The quantitative estimate of drug-likeness (QED) is 0.513. The summed E-state index contributed by atoms with van der Waals surface area (Å²) in [7, 11) is 0. The first-order valence-corrected chi connectivity index (χ1v) is 11.1. The lowest BCUT2D eigenvalue weighted by molar-refractivity contribution is -0.145. The fourth-order valence-corrected chi connectivity index (χ4v) is 3.63. The fraction of sp³-hybridized carbons (Fsp3) is 0.385. The molecule has 0 saturated carbocycles. The summed E-state index contributed by atoms with van der Waals surface area (Å²) in [5, 5.41) is 2.50. The first-order valence-electron chi connectivity index (χ1n) is 11.1. The number of benzene rings is 2. The van der Waals surface area contributed by atoms with E-state index in [1.165, 1.54) is 6.92 Å². The van der Waals surface area contributed by atoms with Crippen molar-refractivity contribution in [1.29, 1.82) is 0 Å². The van der Waals surface area contributed by atoms with Crippen molar-refractivity contribution < 1.29 is 23.9 Å². The summed E-state index contributed by atoms with van der Waals surface area (Å²) in [6.45, 7) is 8.10. The van der Waals surface area contributed by atoms with Crippen LogP contribution in [0.15, 0.2) is 48.5 Å². The Labute approximate surface area is 194 Å². The molecule has 0 spiro atoms. The second kappa shape index (κ2) is 9.98. The van der Waals surface area contributed by atoms with Crippen LogP contribution >= 0.6 is 0 Å². The highest BCUT2D eigenvalue weighted by atomic mass is 16.5. The highest BCUT2D eigenvalue weighted by Crippen LogP contribution is 2.23. The SMILES string of the molecule is CC(OC(=O)CNC(=O)c1ccc(N2CCCC2=O)cc1)C(=O)c1ccc(C(C)(C)C)cc1. The monoisotopic (exact) mass is 450 g/mol. The lowest BCUT2D eigenvalue weighted by atomic mass is 9.86. The highest BCUT2D eigenvalue weighted by Gasteiger charge is 2.23. The molecule has 1 heterocycles. The molecule has 1 N–H and O–H groups in total. The van der Waals surface area contributed by atoms with E-state index in [1.54, 1.807) is 41.3 Å². The van der Waals surface area contributed by atoms with Gasteiger partial charge in [-0.2, -0.15) is 0 Å². The number of nitrogens with one attached hydrogen (secondary N) is 1. The van der Waals surface area contributed by atoms with Gasteiger partial charge in [0.15, 0.2) is 6.10 Å². The van der Waals surface area contributed by atoms with Gasteiger partial charge in [0, 0.05) is 29.8 Å². The number of nitrogens with zero attached hydrogens (tertiary/aromatic N) is 1. The maximum absolute atomic E-state index is 12.6. The number of Topliss-reactive ketones (excluding diaryl/α,β-unsaturated/α-hetero) is 1. The fourth-order valence-electron chi connectivity index (χ4n) is 3.63. The summed E-state index contributed by atoms with van der Waals surface area (Å²) in [6.07, 6.45) is 0.395. The van der Waals surface area contributed by atoms with Crippen LogP contribution in [-0.4, -0.2) is 42.8 Å². The molecule has 33 heavy (non-hydrogen) atoms. The molecule has 1 saturated heterocycles. The number of hydrogen-bond donors (Lipinski definition) is 1. The third-order valence-corrected chi connectivity index (χ3v) is 5.62. The Balaban J connectivity index is 1.49. The molecule has 1 fully saturated rings. The van der Waals surface area contributed by atoms with Gasteiger partial charge in [-0.25, -0.2) is 0 Å². The number of ketones is 1. The van der Waals surface area contributed by atoms with Gasteiger partial charge in [0.2, 0.25) is 11.7 Å². The van der Waals surface area contributed by atoms with E-state index >= 15 is 0 Å². The predicted molar refractivity (Wildman–Crippen MR) is 125 cm³/mol. The zero-order valence-corrected chi connectivity index (χ0v) is 19.5. The van der Waals surface area contributed by atoms with Crippen molar-refractivity contribution in [3.8, 4) is 0 Å². The molecule has 0 radical (unpaired) electrons. The van der Waals surface area contributed by atoms with Crippen LogP contribution < -0.4 is 10.2 Å². The highest BCUT2D eigenvalue weighted by molar-refractivity contribution is 6.01. The van der Waals surface area contributed by atoms with Gasteiger partial charge in [-0.05, 0) is 48.6 Å². The first-order chi connectivity index (χ1) is 15.6. The number of anilines is 1. The van der Waals surface area contributed by atoms with Crippen molar-refractivity contribution >= 4 is 29.3 Å². The number of ether oxygens (including phenoxy) is 1. The van der Waals surface area contributed by atoms with E-state index in [4.69, 9.17) is 4.74 Å². The van der Waals surface area contributed by atoms with Crippen molar-refractivity contribution in [2.24, 2.45) is 0 Å². The van der Waals surface area contributed by atoms with E-state index in [0.29, 0.717) is 24.1 Å². The van der Waals surface area contributed by atoms with E-state index in [2.05, 4.69) is 26.1 Å². The van der Waals surface area contributed by atoms with Gasteiger partial charge in [-0.3, -0.25) is 19.2 Å². The van der Waals surface area contributed by atoms with Gasteiger partial charge in [-0.15, -0.1) is 0 Å². The third kappa shape index (κ3) is 6.06. The van der Waals surface area contributed by atoms with E-state index in [9.17, 15) is 19.2 Å². The third-order valence-electron chi connectivity index (χ3n) is 5.62. The Morgan fingerprint density at radius 2 is 1.61 bits per heavy atom. The lowest BCUT2D eigenvalue weighted by Gasteiger charge is -2.19. The lowest BCUT2D eigenvalue weighted by Crippen LogP contribution is -2.34. The molecular weight excluding hydrogens is 420 g/mol. The van der Waals surface area contributed by atoms with Gasteiger partial charge in [-0.1, -0.05) is 45.0 Å². The Morgan fingerprint density at radius 1 is 1.00 bits per heavy atom. The number of rotatable bonds is 7. The van der Waals surface area contributed by atoms with E-state index < -0.39 is 18.0 Å². The van der Waals surface area contributed by atoms with Crippen molar-refractivity contribution in [3.05, 3.63) is 65.2 Å². The van der Waals surface area contributed by atoms with E-state index in [0.717, 1.165) is 17.7 Å². The molecule has 1 aliphatic heterocycles. The minimum Gasteiger partial charge on any atom is -0.453 e. The van der Waals surface area contributed by atoms with E-state index in [1.807, 2.05) is 12.1 Å². The van der Waals surface area contributed by atoms with Crippen LogP contribution in [0, 0.1) is 0 Å². The summed E-state index contributed by atoms with van der Waals surface area (Å²) in [4.78, 5) is 50.6. The first kappa shape index (κ1) is 24.2. The minimum atomic E-state index is -0.966. The molecule has 0 bridgehead atoms. The van der Waals surface area contributed by atoms with Gasteiger partial charge < -0.3 is 15.0 Å². The van der Waals surface area contributed by atoms with Gasteiger partial charge >= 0.3 is 5.97 Å². The largest absolute Gasteiger partial charge is 0.453 e. The number of carbonyl (C=O) groups is 4. The Kier molecular flexibility index (Phi) is 7.31. The molecule has 7 nitrogen and oxygen atoms in total. The second-order valence-electron chi connectivity index (χ2n) is 9.20. The molecule has 174 valence electrons. The van der Waals surface area contributed by atoms with Crippen molar-refractivity contribution in [3.63, 3.8) is 0 Å². The van der Waals surface area contributed by atoms with Crippen molar-refractivity contribution in [2.45, 2.75) is 52.1 Å². The molecule has 2 aromatic rings. The molecule has 1 unspecified atom stereocenters. The molecule has 2 aromatic carbocycles. The number of esters is 1. The van der Waals surface area contributed by atoms with Crippen molar-refractivity contribution in [2.75, 3.05) is 18.0 Å². The normalized spacial score (nSPS) is 14.7. The van der Waals surface area contributed by atoms with Crippen molar-refractivity contribution in [1.82, 2.24) is 5.32 Å². The van der Waals surface area contributed by atoms with Crippen LogP contribution in [0.3, 0.4) is 0 Å². The zero-order valence-electron chi connectivity index (χ0n) is 19.5. The standard InChI is InChI=1S/C26H30N2O5/c1-17(24(31)18-7-11-20(12-8-18)26(2,3)4)33-23(30)16-27-25(32)19-9-13-21(14-10-19)28-15-5-6-22(28)29/h7-14,17H,5-6,15-16H2,1-4H3,(H,27,32). The van der Waals surface area contributed by atoms with Gasteiger partial charge in [0.05, 0.1) is 0 Å². The minimum absolute atomic E-state index is 0.0240. The summed E-state index contributed by atoms with van der Waals surface area (Å²) in [5.74, 6) is -1.37. The smallest absolute Gasteiger partial charge is 0.326 e. The average molecular weight is 451 g/mol. The van der Waals surface area contributed by atoms with Crippen LogP contribution in [0.25, 0.3) is 0 Å². The summed E-state index contributed by atoms with van der Waals surface area (Å²) < 4.78 is 5.20. The zero-order chi connectivity index (χ0) is 24.2. The number of carbonyl (C=O) groups excluding carboxylic acids is 4. The number of hydrogen-bond acceptors (Lipinski definition) is 5. The molecule has 2 amide bonds. The molecule has 0 aromatic heterocycles. The topological polar surface area (TPSA) is 92.8 Å². The van der Waals surface area contributed by atoms with Crippen LogP contribution in [0.4, 0.5) is 5.69 Å². The maximum Gasteiger partial charge on any atom is 0.326 e. The van der Waals surface area contributed by atoms with Crippen LogP contribution in [0.2, 0.25) is 0 Å². The molecule has 1 atom stereocenters. The van der Waals surface area contributed by atoms with E-state index in [-0.39, 0.29) is 23.7 Å². The Morgan fingerprint density at radius 3 is 2.15 bits per heavy atom. The van der Waals surface area contributed by atoms with Gasteiger partial charge in [0.25, 0.3) is 5.91 Å². The van der Waals surface area contributed by atoms with Crippen LogP contribution in [0.5, 0.6) is 0 Å². The maximum atomic E-state index is 12.6. The second-order valence-corrected chi connectivity index (χ2v) is 9.20. The molecule has 3 rings (SSSR count). The van der Waals surface area contributed by atoms with Crippen LogP contribution in [0.1, 0.15) is 66.8 Å². The molecular formula is C26H30N2O5. The molecule has 1 aliphatic rings. The molecule has 7 heteroatoms. The summed E-state index contributed by atoms with van der Waals surface area (Å²) >= 11 is 0. The number of amides is 2. The van der Waals surface area contributed by atoms with Crippen LogP contribution in [-0.2, 0) is 19.7 Å². The summed E-state index contributed by atoms with van der Waals surface area (Å²) in [6, 6.07) is 13.9. The Bertz CT molecular complexity index is 1040. The average Bonchev–Trinajstić information content (AvgIpc) is 3.22. The molecule has 0 aliphatic carbocycles.